The van der Waals surface area contributed by atoms with Gasteiger partial charge in [-0.1, -0.05) is 32.0 Å². The molecule has 0 heterocycles. The number of hydrogen-bond donors (Lipinski definition) is 2. The second-order valence-corrected chi connectivity index (χ2v) is 8.04. The predicted octanol–water partition coefficient (Wildman–Crippen LogP) is 4.36. The SMILES string of the molecule is CC(C)CNC(=O)c1ccccc1NC(=O)[C@@H](C)Oc1ccc2c(c1)CCCC2. The maximum absolute atomic E-state index is 12.7. The van der Waals surface area contributed by atoms with Crippen molar-refractivity contribution in [2.24, 2.45) is 5.92 Å². The molecule has 154 valence electrons. The number of fused-ring (bicyclic) bond motifs is 1. The van der Waals surface area contributed by atoms with Crippen molar-refractivity contribution >= 4 is 17.5 Å². The van der Waals surface area contributed by atoms with E-state index in [9.17, 15) is 9.59 Å². The van der Waals surface area contributed by atoms with Crippen LogP contribution in [0.5, 0.6) is 5.75 Å². The standard InChI is InChI=1S/C24H30N2O3/c1-16(2)15-25-24(28)21-10-6-7-11-22(21)26-23(27)17(3)29-20-13-12-18-8-4-5-9-19(18)14-20/h6-7,10-14,16-17H,4-5,8-9,15H2,1-3H3,(H,25,28)(H,26,27)/t17-/m1/s1. The molecule has 1 aliphatic carbocycles. The summed E-state index contributed by atoms with van der Waals surface area (Å²) < 4.78 is 5.88. The van der Waals surface area contributed by atoms with E-state index < -0.39 is 6.10 Å². The lowest BCUT2D eigenvalue weighted by atomic mass is 9.92. The van der Waals surface area contributed by atoms with E-state index in [1.54, 1.807) is 31.2 Å². The Morgan fingerprint density at radius 3 is 2.48 bits per heavy atom. The Morgan fingerprint density at radius 1 is 1.00 bits per heavy atom. The Labute approximate surface area is 172 Å². The van der Waals surface area contributed by atoms with E-state index in [1.807, 2.05) is 26.0 Å². The van der Waals surface area contributed by atoms with Gasteiger partial charge in [-0.15, -0.1) is 0 Å². The second-order valence-electron chi connectivity index (χ2n) is 8.04. The number of nitrogens with one attached hydrogen (secondary N) is 2. The third-order valence-electron chi connectivity index (χ3n) is 5.10. The zero-order valence-electron chi connectivity index (χ0n) is 17.5. The van der Waals surface area contributed by atoms with Crippen molar-refractivity contribution in [1.29, 1.82) is 0 Å². The van der Waals surface area contributed by atoms with E-state index in [-0.39, 0.29) is 11.8 Å². The smallest absolute Gasteiger partial charge is 0.265 e. The molecule has 2 amide bonds. The molecular formula is C24H30N2O3. The third kappa shape index (κ3) is 5.59. The Hall–Kier alpha value is -2.82. The van der Waals surface area contributed by atoms with Crippen molar-refractivity contribution in [3.05, 3.63) is 59.2 Å². The van der Waals surface area contributed by atoms with E-state index in [1.165, 1.54) is 24.0 Å². The molecule has 29 heavy (non-hydrogen) atoms. The van der Waals surface area contributed by atoms with Crippen LogP contribution < -0.4 is 15.4 Å². The molecule has 1 aliphatic rings. The van der Waals surface area contributed by atoms with Crippen LogP contribution in [0.2, 0.25) is 0 Å². The summed E-state index contributed by atoms with van der Waals surface area (Å²) in [6.07, 6.45) is 3.93. The molecule has 0 fully saturated rings. The van der Waals surface area contributed by atoms with Crippen LogP contribution in [0.3, 0.4) is 0 Å². The molecule has 0 saturated carbocycles. The molecule has 0 unspecified atom stereocenters. The van der Waals surface area contributed by atoms with E-state index >= 15 is 0 Å². The fraction of sp³-hybridized carbons (Fsp3) is 0.417. The largest absolute Gasteiger partial charge is 0.481 e. The van der Waals surface area contributed by atoms with Gasteiger partial charge in [0.05, 0.1) is 11.3 Å². The molecule has 2 N–H and O–H groups in total. The van der Waals surface area contributed by atoms with Gasteiger partial charge in [0.2, 0.25) is 0 Å². The third-order valence-corrected chi connectivity index (χ3v) is 5.10. The van der Waals surface area contributed by atoms with Crippen molar-refractivity contribution in [3.8, 4) is 5.75 Å². The van der Waals surface area contributed by atoms with Gasteiger partial charge >= 0.3 is 0 Å². The Morgan fingerprint density at radius 2 is 1.72 bits per heavy atom. The monoisotopic (exact) mass is 394 g/mol. The molecule has 0 aliphatic heterocycles. The van der Waals surface area contributed by atoms with Crippen LogP contribution >= 0.6 is 0 Å². The van der Waals surface area contributed by atoms with E-state index in [2.05, 4.69) is 16.7 Å². The molecule has 1 atom stereocenters. The highest BCUT2D eigenvalue weighted by molar-refractivity contribution is 6.04. The number of benzene rings is 2. The zero-order chi connectivity index (χ0) is 20.8. The molecule has 0 aromatic heterocycles. The molecule has 2 aromatic carbocycles. The number of amides is 2. The zero-order valence-corrected chi connectivity index (χ0v) is 17.5. The van der Waals surface area contributed by atoms with Gasteiger partial charge in [-0.25, -0.2) is 0 Å². The Kier molecular flexibility index (Phi) is 6.91. The summed E-state index contributed by atoms with van der Waals surface area (Å²) in [6.45, 7) is 6.37. The molecule has 2 aromatic rings. The van der Waals surface area contributed by atoms with Crippen molar-refractivity contribution < 1.29 is 14.3 Å². The first-order valence-electron chi connectivity index (χ1n) is 10.4. The molecule has 0 radical (unpaired) electrons. The summed E-state index contributed by atoms with van der Waals surface area (Å²) in [7, 11) is 0. The van der Waals surface area contributed by atoms with E-state index in [4.69, 9.17) is 4.74 Å². The maximum Gasteiger partial charge on any atom is 0.265 e. The predicted molar refractivity (Wildman–Crippen MR) is 115 cm³/mol. The number of ether oxygens (including phenoxy) is 1. The van der Waals surface area contributed by atoms with Gasteiger partial charge in [-0.2, -0.15) is 0 Å². The van der Waals surface area contributed by atoms with Crippen LogP contribution in [-0.2, 0) is 17.6 Å². The van der Waals surface area contributed by atoms with E-state index in [0.29, 0.717) is 29.5 Å². The number of hydrogen-bond acceptors (Lipinski definition) is 3. The van der Waals surface area contributed by atoms with Gasteiger partial charge in [0.25, 0.3) is 11.8 Å². The Balaban J connectivity index is 1.65. The minimum Gasteiger partial charge on any atom is -0.481 e. The highest BCUT2D eigenvalue weighted by Gasteiger charge is 2.19. The molecule has 5 nitrogen and oxygen atoms in total. The maximum atomic E-state index is 12.7. The van der Waals surface area contributed by atoms with Crippen LogP contribution in [0.4, 0.5) is 5.69 Å². The lowest BCUT2D eigenvalue weighted by Gasteiger charge is -2.19. The first kappa shape index (κ1) is 20.9. The van der Waals surface area contributed by atoms with Gasteiger partial charge in [0.15, 0.2) is 6.10 Å². The van der Waals surface area contributed by atoms with Crippen LogP contribution in [0.1, 0.15) is 55.1 Å². The lowest BCUT2D eigenvalue weighted by molar-refractivity contribution is -0.122. The quantitative estimate of drug-likeness (QED) is 0.733. The number of carbonyl (C=O) groups excluding carboxylic acids is 2. The molecule has 0 saturated heterocycles. The fourth-order valence-electron chi connectivity index (χ4n) is 3.46. The summed E-state index contributed by atoms with van der Waals surface area (Å²) in [5.41, 5.74) is 3.62. The van der Waals surface area contributed by atoms with Crippen LogP contribution in [0.25, 0.3) is 0 Å². The number of para-hydroxylation sites is 1. The summed E-state index contributed by atoms with van der Waals surface area (Å²) >= 11 is 0. The van der Waals surface area contributed by atoms with Crippen molar-refractivity contribution in [2.75, 3.05) is 11.9 Å². The van der Waals surface area contributed by atoms with Gasteiger partial charge in [-0.3, -0.25) is 9.59 Å². The molecule has 3 rings (SSSR count). The summed E-state index contributed by atoms with van der Waals surface area (Å²) in [5.74, 6) is 0.576. The van der Waals surface area contributed by atoms with Crippen molar-refractivity contribution in [2.45, 2.75) is 52.6 Å². The van der Waals surface area contributed by atoms with Crippen molar-refractivity contribution in [3.63, 3.8) is 0 Å². The van der Waals surface area contributed by atoms with Crippen LogP contribution in [-0.4, -0.2) is 24.5 Å². The van der Waals surface area contributed by atoms with Crippen molar-refractivity contribution in [1.82, 2.24) is 5.32 Å². The minimum absolute atomic E-state index is 0.196. The topological polar surface area (TPSA) is 67.4 Å². The number of anilines is 1. The summed E-state index contributed by atoms with van der Waals surface area (Å²) in [6, 6.07) is 13.1. The average Bonchev–Trinajstić information content (AvgIpc) is 2.72. The second kappa shape index (κ2) is 9.59. The summed E-state index contributed by atoms with van der Waals surface area (Å²) in [5, 5.41) is 5.73. The van der Waals surface area contributed by atoms with Gasteiger partial charge < -0.3 is 15.4 Å². The normalized spacial score (nSPS) is 14.1. The average molecular weight is 395 g/mol. The first-order chi connectivity index (χ1) is 13.9. The first-order valence-corrected chi connectivity index (χ1v) is 10.4. The molecule has 0 bridgehead atoms. The highest BCUT2D eigenvalue weighted by atomic mass is 16.5. The van der Waals surface area contributed by atoms with Gasteiger partial charge in [-0.05, 0) is 73.9 Å². The lowest BCUT2D eigenvalue weighted by Crippen LogP contribution is -2.32. The fourth-order valence-corrected chi connectivity index (χ4v) is 3.46. The van der Waals surface area contributed by atoms with E-state index in [0.717, 1.165) is 12.8 Å². The molecule has 5 heteroatoms. The Bertz CT molecular complexity index is 876. The van der Waals surface area contributed by atoms with Gasteiger partial charge in [0, 0.05) is 6.54 Å². The number of carbonyl (C=O) groups is 2. The number of aryl methyl sites for hydroxylation is 2. The van der Waals surface area contributed by atoms with Crippen LogP contribution in [0, 0.1) is 5.92 Å². The summed E-state index contributed by atoms with van der Waals surface area (Å²) in [4.78, 5) is 25.1. The molecular weight excluding hydrogens is 364 g/mol. The molecule has 0 spiro atoms. The highest BCUT2D eigenvalue weighted by Crippen LogP contribution is 2.26. The van der Waals surface area contributed by atoms with Crippen LogP contribution in [0.15, 0.2) is 42.5 Å². The van der Waals surface area contributed by atoms with Gasteiger partial charge in [0.1, 0.15) is 5.75 Å². The number of rotatable bonds is 7. The minimum atomic E-state index is -0.677.